The van der Waals surface area contributed by atoms with Crippen molar-refractivity contribution in [3.8, 4) is 16.9 Å². The largest absolute Gasteiger partial charge is 0.507 e. The summed E-state index contributed by atoms with van der Waals surface area (Å²) in [4.78, 5) is 14.1. The van der Waals surface area contributed by atoms with Crippen LogP contribution in [0.1, 0.15) is 18.1 Å². The quantitative estimate of drug-likeness (QED) is 0.766. The van der Waals surface area contributed by atoms with E-state index in [4.69, 9.17) is 4.42 Å². The molecule has 2 N–H and O–H groups in total. The van der Waals surface area contributed by atoms with Crippen molar-refractivity contribution in [3.63, 3.8) is 0 Å². The predicted octanol–water partition coefficient (Wildman–Crippen LogP) is 2.51. The fourth-order valence-electron chi connectivity index (χ4n) is 3.01. The molecule has 0 spiro atoms. The summed E-state index contributed by atoms with van der Waals surface area (Å²) in [5.74, 6) is -0.169. The van der Waals surface area contributed by atoms with Crippen molar-refractivity contribution in [1.29, 1.82) is 0 Å². The Labute approximate surface area is 145 Å². The molecule has 0 saturated carbocycles. The van der Waals surface area contributed by atoms with Crippen LogP contribution in [0.5, 0.6) is 5.75 Å². The lowest BCUT2D eigenvalue weighted by Gasteiger charge is -2.14. The number of rotatable bonds is 4. The van der Waals surface area contributed by atoms with Crippen LogP contribution in [0.4, 0.5) is 4.39 Å². The lowest BCUT2D eigenvalue weighted by molar-refractivity contribution is -0.872. The van der Waals surface area contributed by atoms with Gasteiger partial charge in [-0.3, -0.25) is 4.79 Å². The van der Waals surface area contributed by atoms with Gasteiger partial charge in [-0.25, -0.2) is 4.39 Å². The van der Waals surface area contributed by atoms with Crippen molar-refractivity contribution in [1.82, 2.24) is 0 Å². The lowest BCUT2D eigenvalue weighted by atomic mass is 9.99. The molecule has 5 heteroatoms. The number of aromatic hydroxyl groups is 1. The standard InChI is InChI=1S/C20H20FNO3/c1-4-12-9-15-19(24)17(13-5-7-14(21)8-6-13)11-25-20(15)16(18(12)23)10-22(2)3/h5-9,11,23H,4,10H2,1-3H3/p+1. The number of hydrogen-bond donors (Lipinski definition) is 2. The van der Waals surface area contributed by atoms with Crippen molar-refractivity contribution in [2.75, 3.05) is 14.1 Å². The molecule has 0 atom stereocenters. The first-order chi connectivity index (χ1) is 11.9. The van der Waals surface area contributed by atoms with Gasteiger partial charge in [0.05, 0.1) is 30.6 Å². The zero-order valence-electron chi connectivity index (χ0n) is 14.5. The number of quaternary nitrogens is 1. The van der Waals surface area contributed by atoms with E-state index in [1.807, 2.05) is 21.0 Å². The Morgan fingerprint density at radius 2 is 1.88 bits per heavy atom. The predicted molar refractivity (Wildman–Crippen MR) is 95.4 cm³/mol. The first kappa shape index (κ1) is 17.2. The smallest absolute Gasteiger partial charge is 0.200 e. The van der Waals surface area contributed by atoms with Gasteiger partial charge in [-0.05, 0) is 35.7 Å². The second-order valence-corrected chi connectivity index (χ2v) is 6.46. The van der Waals surface area contributed by atoms with Crippen molar-refractivity contribution in [3.05, 3.63) is 63.8 Å². The zero-order valence-corrected chi connectivity index (χ0v) is 14.5. The highest BCUT2D eigenvalue weighted by Gasteiger charge is 2.19. The molecule has 0 aliphatic carbocycles. The van der Waals surface area contributed by atoms with Crippen LogP contribution in [-0.2, 0) is 13.0 Å². The summed E-state index contributed by atoms with van der Waals surface area (Å²) in [6, 6.07) is 7.43. The number of halogens is 1. The van der Waals surface area contributed by atoms with Crippen LogP contribution in [0.15, 0.2) is 45.8 Å². The Kier molecular flexibility index (Phi) is 4.59. The molecule has 3 rings (SSSR count). The normalized spacial score (nSPS) is 11.4. The molecule has 0 unspecified atom stereocenters. The summed E-state index contributed by atoms with van der Waals surface area (Å²) in [7, 11) is 3.93. The van der Waals surface area contributed by atoms with E-state index < -0.39 is 0 Å². The van der Waals surface area contributed by atoms with Crippen molar-refractivity contribution >= 4 is 11.0 Å². The number of aryl methyl sites for hydroxylation is 1. The molecule has 25 heavy (non-hydrogen) atoms. The summed E-state index contributed by atoms with van der Waals surface area (Å²) in [6.45, 7) is 2.47. The van der Waals surface area contributed by atoms with Crippen molar-refractivity contribution < 1.29 is 18.8 Å². The van der Waals surface area contributed by atoms with Crippen LogP contribution in [0, 0.1) is 5.82 Å². The van der Waals surface area contributed by atoms with Gasteiger partial charge >= 0.3 is 0 Å². The van der Waals surface area contributed by atoms with Gasteiger partial charge in [-0.15, -0.1) is 0 Å². The molecule has 1 heterocycles. The Morgan fingerprint density at radius 3 is 2.48 bits per heavy atom. The highest BCUT2D eigenvalue weighted by atomic mass is 19.1. The van der Waals surface area contributed by atoms with E-state index in [-0.39, 0.29) is 17.0 Å². The van der Waals surface area contributed by atoms with Gasteiger partial charge in [-0.2, -0.15) is 0 Å². The maximum absolute atomic E-state index is 13.1. The minimum Gasteiger partial charge on any atom is -0.507 e. The second kappa shape index (κ2) is 6.69. The average molecular weight is 342 g/mol. The number of fused-ring (bicyclic) bond motifs is 1. The van der Waals surface area contributed by atoms with Crippen molar-refractivity contribution in [2.45, 2.75) is 19.9 Å². The number of phenols is 1. The number of hydrogen-bond acceptors (Lipinski definition) is 3. The zero-order chi connectivity index (χ0) is 18.1. The van der Waals surface area contributed by atoms with Gasteiger partial charge in [-0.1, -0.05) is 19.1 Å². The highest BCUT2D eigenvalue weighted by molar-refractivity contribution is 5.86. The molecule has 0 radical (unpaired) electrons. The number of nitrogens with one attached hydrogen (secondary N) is 1. The molecule has 2 aromatic carbocycles. The Balaban J connectivity index is 2.30. The van der Waals surface area contributed by atoms with Crippen LogP contribution < -0.4 is 10.3 Å². The minimum atomic E-state index is -0.358. The van der Waals surface area contributed by atoms with Crippen LogP contribution in [0.3, 0.4) is 0 Å². The van der Waals surface area contributed by atoms with Gasteiger partial charge in [0.2, 0.25) is 5.43 Å². The van der Waals surface area contributed by atoms with Crippen molar-refractivity contribution in [2.24, 2.45) is 0 Å². The average Bonchev–Trinajstić information content (AvgIpc) is 2.58. The molecule has 4 nitrogen and oxygen atoms in total. The van der Waals surface area contributed by atoms with Crippen LogP contribution in [0.25, 0.3) is 22.1 Å². The fraction of sp³-hybridized carbons (Fsp3) is 0.250. The van der Waals surface area contributed by atoms with Crippen LogP contribution >= 0.6 is 0 Å². The summed E-state index contributed by atoms with van der Waals surface area (Å²) in [5.41, 5.74) is 2.56. The van der Waals surface area contributed by atoms with Gasteiger partial charge in [0.15, 0.2) is 0 Å². The van der Waals surface area contributed by atoms with Crippen LogP contribution in [0.2, 0.25) is 0 Å². The molecule has 0 aliphatic heterocycles. The van der Waals surface area contributed by atoms with Gasteiger partial charge in [0.25, 0.3) is 0 Å². The Hall–Kier alpha value is -2.66. The highest BCUT2D eigenvalue weighted by Crippen LogP contribution is 2.31. The maximum atomic E-state index is 13.1. The van der Waals surface area contributed by atoms with Gasteiger partial charge in [0, 0.05) is 0 Å². The molecule has 130 valence electrons. The minimum absolute atomic E-state index is 0.183. The van der Waals surface area contributed by atoms with E-state index in [1.165, 1.54) is 18.4 Å². The topological polar surface area (TPSA) is 54.9 Å². The summed E-state index contributed by atoms with van der Waals surface area (Å²) in [5, 5.41) is 11.0. The fourth-order valence-corrected chi connectivity index (χ4v) is 3.01. The first-order valence-corrected chi connectivity index (χ1v) is 8.26. The van der Waals surface area contributed by atoms with E-state index in [0.29, 0.717) is 46.2 Å². The third kappa shape index (κ3) is 3.15. The monoisotopic (exact) mass is 342 g/mol. The molecule has 3 aromatic rings. The van der Waals surface area contributed by atoms with E-state index in [9.17, 15) is 14.3 Å². The van der Waals surface area contributed by atoms with Gasteiger partial charge in [0.1, 0.15) is 30.0 Å². The maximum Gasteiger partial charge on any atom is 0.200 e. The summed E-state index contributed by atoms with van der Waals surface area (Å²) in [6.07, 6.45) is 2.00. The molecule has 0 saturated heterocycles. The number of phenolic OH excluding ortho intramolecular Hbond substituents is 1. The number of benzene rings is 2. The summed E-state index contributed by atoms with van der Waals surface area (Å²) >= 11 is 0. The molecule has 0 fully saturated rings. The molecule has 0 amide bonds. The van der Waals surface area contributed by atoms with E-state index in [0.717, 1.165) is 4.90 Å². The molecular weight excluding hydrogens is 321 g/mol. The molecule has 0 aliphatic rings. The van der Waals surface area contributed by atoms with Gasteiger partial charge < -0.3 is 14.4 Å². The van der Waals surface area contributed by atoms with Crippen LogP contribution in [-0.4, -0.2) is 19.2 Å². The SMILES string of the molecule is CCc1cc2c(=O)c(-c3ccc(F)cc3)coc2c(C[NH+](C)C)c1O. The summed E-state index contributed by atoms with van der Waals surface area (Å²) < 4.78 is 18.9. The third-order valence-corrected chi connectivity index (χ3v) is 4.28. The Morgan fingerprint density at radius 1 is 1.20 bits per heavy atom. The lowest BCUT2D eigenvalue weighted by Crippen LogP contribution is -3.04. The molecule has 0 bridgehead atoms. The molecule has 1 aromatic heterocycles. The van der Waals surface area contributed by atoms with E-state index >= 15 is 0 Å². The Bertz CT molecular complexity index is 975. The molecular formula is C20H21FNO3+. The van der Waals surface area contributed by atoms with E-state index in [2.05, 4.69) is 0 Å². The second-order valence-electron chi connectivity index (χ2n) is 6.46. The first-order valence-electron chi connectivity index (χ1n) is 8.26. The third-order valence-electron chi connectivity index (χ3n) is 4.28. The van der Waals surface area contributed by atoms with E-state index in [1.54, 1.807) is 18.2 Å².